The lowest BCUT2D eigenvalue weighted by molar-refractivity contribution is -0.139. The van der Waals surface area contributed by atoms with Crippen LogP contribution >= 0.6 is 11.6 Å². The van der Waals surface area contributed by atoms with Gasteiger partial charge < -0.3 is 15.0 Å². The second-order valence-corrected chi connectivity index (χ2v) is 10.6. The van der Waals surface area contributed by atoms with E-state index in [4.69, 9.17) is 16.3 Å². The smallest absolute Gasteiger partial charge is 0.244 e. The quantitative estimate of drug-likeness (QED) is 0.456. The van der Waals surface area contributed by atoms with Crippen LogP contribution in [-0.4, -0.2) is 56.6 Å². The van der Waals surface area contributed by atoms with E-state index in [1.807, 2.05) is 20.8 Å². The summed E-state index contributed by atoms with van der Waals surface area (Å²) in [5.41, 5.74) is 0.969. The molecule has 0 aliphatic rings. The molecule has 10 heteroatoms. The molecule has 0 spiro atoms. The Labute approximate surface area is 213 Å². The molecule has 0 aromatic heterocycles. The number of nitrogens with zero attached hydrogens (tertiary/aromatic N) is 2. The van der Waals surface area contributed by atoms with Crippen molar-refractivity contribution in [2.75, 3.05) is 23.7 Å². The first kappa shape index (κ1) is 28.5. The Balaban J connectivity index is 2.38. The van der Waals surface area contributed by atoms with E-state index in [1.165, 1.54) is 4.90 Å². The molecule has 2 aromatic rings. The van der Waals surface area contributed by atoms with Crippen LogP contribution in [-0.2, 0) is 26.2 Å². The maximum absolute atomic E-state index is 13.5. The second kappa shape index (κ2) is 12.8. The number of anilines is 1. The molecular formula is C25H34ClN3O5S. The van der Waals surface area contributed by atoms with Gasteiger partial charge in [0.15, 0.2) is 0 Å². The molecule has 2 rings (SSSR count). The van der Waals surface area contributed by atoms with E-state index in [0.717, 1.165) is 17.0 Å². The Morgan fingerprint density at radius 2 is 1.69 bits per heavy atom. The third-order valence-electron chi connectivity index (χ3n) is 5.58. The van der Waals surface area contributed by atoms with E-state index >= 15 is 0 Å². The van der Waals surface area contributed by atoms with Crippen LogP contribution in [0.2, 0.25) is 5.02 Å². The summed E-state index contributed by atoms with van der Waals surface area (Å²) in [7, 11) is -3.80. The van der Waals surface area contributed by atoms with Crippen LogP contribution in [0.15, 0.2) is 48.5 Å². The Bertz CT molecular complexity index is 1110. The average Bonchev–Trinajstić information content (AvgIpc) is 2.81. The van der Waals surface area contributed by atoms with Crippen LogP contribution < -0.4 is 14.4 Å². The second-order valence-electron chi connectivity index (χ2n) is 8.30. The predicted octanol–water partition coefficient (Wildman–Crippen LogP) is 3.84. The molecular weight excluding hydrogens is 490 g/mol. The third-order valence-corrected chi connectivity index (χ3v) is 7.09. The molecule has 0 heterocycles. The summed E-state index contributed by atoms with van der Waals surface area (Å²) in [6, 6.07) is 12.6. The van der Waals surface area contributed by atoms with Gasteiger partial charge in [0, 0.05) is 17.6 Å². The standard InChI is InChI=1S/C25H34ClN3O5S/c1-6-18(3)27-25(31)19(4)28(16-20-10-8-9-11-23(20)26)24(30)17-29(35(5,32)33)21-12-14-22(15-13-21)34-7-2/h8-15,18-19H,6-7,16-17H2,1-5H3,(H,27,31)/t18-,19+/m0/s1. The van der Waals surface area contributed by atoms with Gasteiger partial charge in [-0.25, -0.2) is 8.42 Å². The van der Waals surface area contributed by atoms with E-state index in [-0.39, 0.29) is 18.5 Å². The normalized spacial score (nSPS) is 13.0. The highest BCUT2D eigenvalue weighted by Crippen LogP contribution is 2.23. The van der Waals surface area contributed by atoms with Gasteiger partial charge in [-0.1, -0.05) is 36.7 Å². The molecule has 2 amide bonds. The van der Waals surface area contributed by atoms with Crippen LogP contribution in [0.5, 0.6) is 5.75 Å². The lowest BCUT2D eigenvalue weighted by Crippen LogP contribution is -2.52. The molecule has 0 radical (unpaired) electrons. The molecule has 1 N–H and O–H groups in total. The zero-order valence-corrected chi connectivity index (χ0v) is 22.4. The van der Waals surface area contributed by atoms with Crippen molar-refractivity contribution >= 4 is 39.1 Å². The number of carbonyl (C=O) groups is 2. The summed E-state index contributed by atoms with van der Waals surface area (Å²) in [5, 5.41) is 3.34. The molecule has 0 saturated heterocycles. The lowest BCUT2D eigenvalue weighted by atomic mass is 10.1. The van der Waals surface area contributed by atoms with Crippen molar-refractivity contribution in [3.8, 4) is 5.75 Å². The molecule has 0 fully saturated rings. The van der Waals surface area contributed by atoms with Crippen molar-refractivity contribution < 1.29 is 22.7 Å². The van der Waals surface area contributed by atoms with Gasteiger partial charge in [-0.15, -0.1) is 0 Å². The van der Waals surface area contributed by atoms with Crippen molar-refractivity contribution in [2.24, 2.45) is 0 Å². The van der Waals surface area contributed by atoms with E-state index < -0.39 is 28.5 Å². The van der Waals surface area contributed by atoms with E-state index in [1.54, 1.807) is 55.5 Å². The van der Waals surface area contributed by atoms with Crippen LogP contribution in [0.1, 0.15) is 39.7 Å². The topological polar surface area (TPSA) is 96.0 Å². The molecule has 2 aromatic carbocycles. The summed E-state index contributed by atoms with van der Waals surface area (Å²) in [6.07, 6.45) is 1.77. The molecule has 35 heavy (non-hydrogen) atoms. The number of carbonyl (C=O) groups excluding carboxylic acids is 2. The number of nitrogens with one attached hydrogen (secondary N) is 1. The molecule has 0 aliphatic heterocycles. The van der Waals surface area contributed by atoms with Crippen molar-refractivity contribution in [1.82, 2.24) is 10.2 Å². The Morgan fingerprint density at radius 3 is 2.23 bits per heavy atom. The highest BCUT2D eigenvalue weighted by atomic mass is 35.5. The number of ether oxygens (including phenoxy) is 1. The molecule has 0 bridgehead atoms. The summed E-state index contributed by atoms with van der Waals surface area (Å²) in [5.74, 6) is -0.269. The average molecular weight is 524 g/mol. The fourth-order valence-electron chi connectivity index (χ4n) is 3.35. The first-order valence-electron chi connectivity index (χ1n) is 11.5. The van der Waals surface area contributed by atoms with Crippen molar-refractivity contribution in [3.05, 3.63) is 59.1 Å². The van der Waals surface area contributed by atoms with Gasteiger partial charge >= 0.3 is 0 Å². The minimum atomic E-state index is -3.80. The molecule has 8 nitrogen and oxygen atoms in total. The predicted molar refractivity (Wildman–Crippen MR) is 139 cm³/mol. The number of rotatable bonds is 12. The van der Waals surface area contributed by atoms with Gasteiger partial charge in [0.05, 0.1) is 18.6 Å². The highest BCUT2D eigenvalue weighted by Gasteiger charge is 2.30. The molecule has 0 aliphatic carbocycles. The van der Waals surface area contributed by atoms with Gasteiger partial charge in [0.2, 0.25) is 21.8 Å². The number of sulfonamides is 1. The number of hydrogen-bond donors (Lipinski definition) is 1. The van der Waals surface area contributed by atoms with E-state index in [9.17, 15) is 18.0 Å². The Kier molecular flexibility index (Phi) is 10.4. The SMILES string of the molecule is CCOc1ccc(N(CC(=O)N(Cc2ccccc2Cl)[C@H](C)C(=O)N[C@@H](C)CC)S(C)(=O)=O)cc1. The third kappa shape index (κ3) is 8.14. The minimum Gasteiger partial charge on any atom is -0.494 e. The monoisotopic (exact) mass is 523 g/mol. The number of benzene rings is 2. The van der Waals surface area contributed by atoms with Crippen molar-refractivity contribution in [2.45, 2.75) is 52.7 Å². The summed E-state index contributed by atoms with van der Waals surface area (Å²) < 4.78 is 31.7. The number of halogens is 1. The Hall–Kier alpha value is -2.78. The first-order chi connectivity index (χ1) is 16.5. The zero-order chi connectivity index (χ0) is 26.2. The van der Waals surface area contributed by atoms with Crippen molar-refractivity contribution in [3.63, 3.8) is 0 Å². The lowest BCUT2D eigenvalue weighted by Gasteiger charge is -2.32. The van der Waals surface area contributed by atoms with Gasteiger partial charge in [-0.2, -0.15) is 0 Å². The fraction of sp³-hybridized carbons (Fsp3) is 0.440. The minimum absolute atomic E-state index is 0.0501. The highest BCUT2D eigenvalue weighted by molar-refractivity contribution is 7.92. The Morgan fingerprint density at radius 1 is 1.06 bits per heavy atom. The van der Waals surface area contributed by atoms with Crippen LogP contribution in [0, 0.1) is 0 Å². The summed E-state index contributed by atoms with van der Waals surface area (Å²) in [6.45, 7) is 7.34. The van der Waals surface area contributed by atoms with Crippen LogP contribution in [0.4, 0.5) is 5.69 Å². The van der Waals surface area contributed by atoms with Gasteiger partial charge in [0.1, 0.15) is 18.3 Å². The molecule has 192 valence electrons. The number of hydrogen-bond acceptors (Lipinski definition) is 5. The van der Waals surface area contributed by atoms with Gasteiger partial charge in [0.25, 0.3) is 0 Å². The van der Waals surface area contributed by atoms with E-state index in [2.05, 4.69) is 5.32 Å². The largest absolute Gasteiger partial charge is 0.494 e. The zero-order valence-electron chi connectivity index (χ0n) is 20.8. The number of amides is 2. The summed E-state index contributed by atoms with van der Waals surface area (Å²) in [4.78, 5) is 27.8. The fourth-order valence-corrected chi connectivity index (χ4v) is 4.39. The molecule has 2 atom stereocenters. The van der Waals surface area contributed by atoms with Gasteiger partial charge in [-0.05, 0) is 63.1 Å². The van der Waals surface area contributed by atoms with Crippen LogP contribution in [0.25, 0.3) is 0 Å². The molecule has 0 saturated carbocycles. The maximum atomic E-state index is 13.5. The van der Waals surface area contributed by atoms with Crippen molar-refractivity contribution in [1.29, 1.82) is 0 Å². The maximum Gasteiger partial charge on any atom is 0.244 e. The first-order valence-corrected chi connectivity index (χ1v) is 13.7. The molecule has 0 unspecified atom stereocenters. The van der Waals surface area contributed by atoms with E-state index in [0.29, 0.717) is 28.6 Å². The summed E-state index contributed by atoms with van der Waals surface area (Å²) >= 11 is 6.32. The van der Waals surface area contributed by atoms with Crippen LogP contribution in [0.3, 0.4) is 0 Å². The van der Waals surface area contributed by atoms with Gasteiger partial charge in [-0.3, -0.25) is 13.9 Å².